The zero-order valence-electron chi connectivity index (χ0n) is 16.0. The second kappa shape index (κ2) is 9.12. The van der Waals surface area contributed by atoms with Crippen LogP contribution in [0.1, 0.15) is 47.9 Å². The Balaban J connectivity index is 2.11. The molecule has 1 aliphatic rings. The van der Waals surface area contributed by atoms with Gasteiger partial charge >= 0.3 is 12.0 Å². The normalized spacial score (nSPS) is 13.9. The zero-order chi connectivity index (χ0) is 20.8. The molecule has 2 rings (SSSR count). The highest BCUT2D eigenvalue weighted by atomic mass is 16.5. The molecule has 0 radical (unpaired) electrons. The summed E-state index contributed by atoms with van der Waals surface area (Å²) in [5, 5.41) is 4.37. The number of rotatable bonds is 7. The lowest BCUT2D eigenvalue weighted by atomic mass is 10.0. The van der Waals surface area contributed by atoms with Crippen molar-refractivity contribution in [3.8, 4) is 0 Å². The van der Waals surface area contributed by atoms with Crippen LogP contribution in [0.15, 0.2) is 24.3 Å². The van der Waals surface area contributed by atoms with Gasteiger partial charge in [0.1, 0.15) is 6.04 Å². The van der Waals surface area contributed by atoms with Crippen LogP contribution in [0.5, 0.6) is 0 Å². The van der Waals surface area contributed by atoms with Crippen LogP contribution in [0.25, 0.3) is 0 Å². The second-order valence-electron chi connectivity index (χ2n) is 6.69. The predicted octanol–water partition coefficient (Wildman–Crippen LogP) is 1.09. The van der Waals surface area contributed by atoms with Gasteiger partial charge in [-0.15, -0.1) is 0 Å². The molecule has 150 valence electrons. The topological polar surface area (TPSA) is 122 Å². The third-order valence-electron chi connectivity index (χ3n) is 4.04. The van der Waals surface area contributed by atoms with Crippen LogP contribution in [0.2, 0.25) is 0 Å². The molecule has 1 aromatic rings. The number of hydrogen-bond donors (Lipinski definition) is 2. The first-order valence-corrected chi connectivity index (χ1v) is 8.97. The number of amides is 5. The van der Waals surface area contributed by atoms with Gasteiger partial charge in [0.05, 0.1) is 11.1 Å². The van der Waals surface area contributed by atoms with E-state index in [0.717, 1.165) is 4.90 Å². The summed E-state index contributed by atoms with van der Waals surface area (Å²) in [6.07, 6.45) is 0.183. The Kier molecular flexibility index (Phi) is 6.86. The van der Waals surface area contributed by atoms with Crippen LogP contribution in [0, 0.1) is 5.92 Å². The van der Waals surface area contributed by atoms with E-state index in [1.165, 1.54) is 12.1 Å². The first-order valence-electron chi connectivity index (χ1n) is 8.97. The van der Waals surface area contributed by atoms with Gasteiger partial charge in [-0.1, -0.05) is 26.0 Å². The highest BCUT2D eigenvalue weighted by molar-refractivity contribution is 6.22. The quantitative estimate of drug-likeness (QED) is 0.532. The maximum atomic E-state index is 12.7. The van der Waals surface area contributed by atoms with Gasteiger partial charge in [0.15, 0.2) is 6.61 Å². The number of hydrogen-bond acceptors (Lipinski definition) is 6. The number of imide groups is 2. The molecule has 9 heteroatoms. The number of ether oxygens (including phenoxy) is 1. The van der Waals surface area contributed by atoms with Crippen molar-refractivity contribution in [2.75, 3.05) is 13.2 Å². The molecule has 1 atom stereocenters. The molecule has 0 aromatic heterocycles. The summed E-state index contributed by atoms with van der Waals surface area (Å²) in [6.45, 7) is 4.98. The number of nitrogens with one attached hydrogen (secondary N) is 2. The molecule has 0 fully saturated rings. The summed E-state index contributed by atoms with van der Waals surface area (Å²) in [5.74, 6) is -2.87. The molecule has 0 bridgehead atoms. The van der Waals surface area contributed by atoms with Gasteiger partial charge in [-0.25, -0.2) is 9.59 Å². The van der Waals surface area contributed by atoms with Gasteiger partial charge in [-0.05, 0) is 31.4 Å². The third-order valence-corrected chi connectivity index (χ3v) is 4.04. The smallest absolute Gasteiger partial charge is 0.329 e. The Morgan fingerprint density at radius 3 is 2.14 bits per heavy atom. The number of benzene rings is 1. The number of esters is 1. The molecule has 1 aliphatic heterocycles. The van der Waals surface area contributed by atoms with Crippen molar-refractivity contribution < 1.29 is 28.7 Å². The standard InChI is InChI=1S/C19H23N3O6/c1-4-20-19(27)21-15(23)10-28-18(26)14(9-11(2)3)22-16(24)12-7-5-6-8-13(12)17(22)25/h5-8,11,14H,4,9-10H2,1-3H3,(H2,20,21,23,27). The van der Waals surface area contributed by atoms with Crippen molar-refractivity contribution in [3.63, 3.8) is 0 Å². The molecule has 0 saturated carbocycles. The summed E-state index contributed by atoms with van der Waals surface area (Å²) in [5.41, 5.74) is 0.450. The largest absolute Gasteiger partial charge is 0.454 e. The molecule has 28 heavy (non-hydrogen) atoms. The van der Waals surface area contributed by atoms with Crippen LogP contribution in [0.3, 0.4) is 0 Å². The van der Waals surface area contributed by atoms with Gasteiger partial charge in [0.25, 0.3) is 17.7 Å². The highest BCUT2D eigenvalue weighted by Crippen LogP contribution is 2.27. The van der Waals surface area contributed by atoms with Gasteiger partial charge in [0, 0.05) is 6.54 Å². The number of carbonyl (C=O) groups is 5. The van der Waals surface area contributed by atoms with Crippen LogP contribution < -0.4 is 10.6 Å². The molecule has 1 heterocycles. The molecular weight excluding hydrogens is 366 g/mol. The summed E-state index contributed by atoms with van der Waals surface area (Å²) >= 11 is 0. The number of fused-ring (bicyclic) bond motifs is 1. The average Bonchev–Trinajstić information content (AvgIpc) is 2.89. The Bertz CT molecular complexity index is 770. The van der Waals surface area contributed by atoms with Gasteiger partial charge in [0.2, 0.25) is 0 Å². The van der Waals surface area contributed by atoms with Crippen LogP contribution in [0.4, 0.5) is 4.79 Å². The van der Waals surface area contributed by atoms with Crippen LogP contribution in [-0.4, -0.2) is 53.8 Å². The molecule has 0 saturated heterocycles. The van der Waals surface area contributed by atoms with E-state index in [0.29, 0.717) is 6.54 Å². The van der Waals surface area contributed by atoms with E-state index in [1.54, 1.807) is 19.1 Å². The molecule has 9 nitrogen and oxygen atoms in total. The first-order chi connectivity index (χ1) is 13.3. The van der Waals surface area contributed by atoms with E-state index in [4.69, 9.17) is 4.74 Å². The minimum Gasteiger partial charge on any atom is -0.454 e. The fourth-order valence-corrected chi connectivity index (χ4v) is 2.84. The number of urea groups is 1. The van der Waals surface area contributed by atoms with Gasteiger partial charge in [-0.3, -0.25) is 24.6 Å². The summed E-state index contributed by atoms with van der Waals surface area (Å²) in [4.78, 5) is 61.8. The van der Waals surface area contributed by atoms with Crippen molar-refractivity contribution in [2.45, 2.75) is 33.2 Å². The fraction of sp³-hybridized carbons (Fsp3) is 0.421. The molecule has 1 unspecified atom stereocenters. The van der Waals surface area contributed by atoms with Crippen molar-refractivity contribution in [1.29, 1.82) is 0 Å². The Hall–Kier alpha value is -3.23. The van der Waals surface area contributed by atoms with Crippen molar-refractivity contribution in [2.24, 2.45) is 5.92 Å². The summed E-state index contributed by atoms with van der Waals surface area (Å²) in [7, 11) is 0. The molecule has 5 amide bonds. The van der Waals surface area contributed by atoms with E-state index < -0.39 is 42.4 Å². The fourth-order valence-electron chi connectivity index (χ4n) is 2.84. The highest BCUT2D eigenvalue weighted by Gasteiger charge is 2.43. The van der Waals surface area contributed by atoms with E-state index >= 15 is 0 Å². The Morgan fingerprint density at radius 1 is 1.07 bits per heavy atom. The average molecular weight is 389 g/mol. The summed E-state index contributed by atoms with van der Waals surface area (Å²) < 4.78 is 4.98. The monoisotopic (exact) mass is 389 g/mol. The predicted molar refractivity (Wildman–Crippen MR) is 98.4 cm³/mol. The van der Waals surface area contributed by atoms with Crippen molar-refractivity contribution in [3.05, 3.63) is 35.4 Å². The third kappa shape index (κ3) is 4.73. The van der Waals surface area contributed by atoms with Crippen LogP contribution in [-0.2, 0) is 14.3 Å². The number of carbonyl (C=O) groups excluding carboxylic acids is 5. The lowest BCUT2D eigenvalue weighted by molar-refractivity contribution is -0.152. The van der Waals surface area contributed by atoms with Gasteiger partial charge < -0.3 is 10.1 Å². The van der Waals surface area contributed by atoms with E-state index in [9.17, 15) is 24.0 Å². The lowest BCUT2D eigenvalue weighted by Crippen LogP contribution is -2.47. The Morgan fingerprint density at radius 2 is 1.64 bits per heavy atom. The van der Waals surface area contributed by atoms with Gasteiger partial charge in [-0.2, -0.15) is 0 Å². The van der Waals surface area contributed by atoms with E-state index in [2.05, 4.69) is 5.32 Å². The van der Waals surface area contributed by atoms with Crippen molar-refractivity contribution in [1.82, 2.24) is 15.5 Å². The van der Waals surface area contributed by atoms with E-state index in [-0.39, 0.29) is 23.5 Å². The zero-order valence-corrected chi connectivity index (χ0v) is 16.0. The molecular formula is C19H23N3O6. The second-order valence-corrected chi connectivity index (χ2v) is 6.69. The molecule has 0 aliphatic carbocycles. The van der Waals surface area contributed by atoms with Crippen LogP contribution >= 0.6 is 0 Å². The molecule has 1 aromatic carbocycles. The first kappa shape index (κ1) is 21.1. The lowest BCUT2D eigenvalue weighted by Gasteiger charge is -2.25. The molecule has 2 N–H and O–H groups in total. The Labute approximate surface area is 162 Å². The number of nitrogens with zero attached hydrogens (tertiary/aromatic N) is 1. The summed E-state index contributed by atoms with van der Waals surface area (Å²) in [6, 6.07) is 4.44. The maximum absolute atomic E-state index is 12.7. The minimum absolute atomic E-state index is 0.0222. The molecule has 0 spiro atoms. The van der Waals surface area contributed by atoms with E-state index in [1.807, 2.05) is 19.2 Å². The SMILES string of the molecule is CCNC(=O)NC(=O)COC(=O)C(CC(C)C)N1C(=O)c2ccccc2C1=O. The maximum Gasteiger partial charge on any atom is 0.329 e. The minimum atomic E-state index is -1.16. The van der Waals surface area contributed by atoms with Crippen molar-refractivity contribution >= 4 is 29.7 Å².